The summed E-state index contributed by atoms with van der Waals surface area (Å²) in [5, 5.41) is 8.54. The van der Waals surface area contributed by atoms with E-state index in [1.54, 1.807) is 11.0 Å². The molecule has 0 aromatic rings. The second-order valence-electron chi connectivity index (χ2n) is 9.26. The van der Waals surface area contributed by atoms with Gasteiger partial charge in [0.05, 0.1) is 0 Å². The number of amides is 2. The minimum atomic E-state index is -1.32. The molecule has 6 nitrogen and oxygen atoms in total. The Kier molecular flexibility index (Phi) is 9.26. The molecular weight excluding hydrogens is 396 g/mol. The van der Waals surface area contributed by atoms with Crippen molar-refractivity contribution in [2.75, 3.05) is 26.2 Å². The number of carbonyl (C=O) groups is 2. The van der Waals surface area contributed by atoms with Gasteiger partial charge in [0, 0.05) is 37.3 Å². The second-order valence-corrected chi connectivity index (χ2v) is 14.0. The Hall–Kier alpha value is -2.64. The number of carboxylic acid groups (broad SMARTS) is 1. The highest BCUT2D eigenvalue weighted by Gasteiger charge is 2.23. The molecule has 0 aliphatic carbocycles. The highest BCUT2D eigenvalue weighted by atomic mass is 28.3. The fourth-order valence-corrected chi connectivity index (χ4v) is 3.05. The van der Waals surface area contributed by atoms with E-state index in [0.717, 1.165) is 17.6 Å². The summed E-state index contributed by atoms with van der Waals surface area (Å²) in [5.41, 5.74) is 4.99. The monoisotopic (exact) mass is 430 g/mol. The van der Waals surface area contributed by atoms with Crippen LogP contribution in [0.4, 0.5) is 9.59 Å². The summed E-state index contributed by atoms with van der Waals surface area (Å²) >= 11 is 0. The van der Waals surface area contributed by atoms with Crippen molar-refractivity contribution in [3.05, 3.63) is 23.3 Å². The van der Waals surface area contributed by atoms with Crippen molar-refractivity contribution >= 4 is 20.3 Å². The van der Waals surface area contributed by atoms with Crippen molar-refractivity contribution in [2.24, 2.45) is 0 Å². The van der Waals surface area contributed by atoms with Crippen LogP contribution in [0.1, 0.15) is 33.6 Å². The molecule has 0 radical (unpaired) electrons. The lowest BCUT2D eigenvalue weighted by atomic mass is 10.1. The maximum Gasteiger partial charge on any atom is 0.410 e. The fourth-order valence-electron chi connectivity index (χ4n) is 2.52. The summed E-state index contributed by atoms with van der Waals surface area (Å²) < 4.78 is 5.36. The van der Waals surface area contributed by atoms with Crippen LogP contribution >= 0.6 is 0 Å². The van der Waals surface area contributed by atoms with Gasteiger partial charge in [0.15, 0.2) is 0 Å². The van der Waals surface area contributed by atoms with Gasteiger partial charge in [0.25, 0.3) is 0 Å². The number of carbonyl (C=O) groups excluding carboxylic acids is 1. The third-order valence-corrected chi connectivity index (χ3v) is 5.00. The molecular formula is C23H34N2O4Si. The number of hydrogen-bond acceptors (Lipinski definition) is 3. The third kappa shape index (κ3) is 10.2. The molecule has 2 aliphatic rings. The molecule has 2 heterocycles. The summed E-state index contributed by atoms with van der Waals surface area (Å²) in [4.78, 5) is 25.3. The van der Waals surface area contributed by atoms with E-state index in [1.165, 1.54) is 4.90 Å². The maximum atomic E-state index is 11.9. The summed E-state index contributed by atoms with van der Waals surface area (Å²) in [7, 11) is -1.32. The predicted octanol–water partition coefficient (Wildman–Crippen LogP) is 4.36. The molecule has 1 N–H and O–H groups in total. The molecule has 0 aromatic heterocycles. The van der Waals surface area contributed by atoms with Gasteiger partial charge in [0.1, 0.15) is 13.7 Å². The van der Waals surface area contributed by atoms with Gasteiger partial charge in [-0.3, -0.25) is 0 Å². The number of nitrogens with zero attached hydrogens (tertiary/aromatic N) is 2. The van der Waals surface area contributed by atoms with Gasteiger partial charge in [0.2, 0.25) is 0 Å². The van der Waals surface area contributed by atoms with Crippen molar-refractivity contribution in [3.63, 3.8) is 0 Å². The highest BCUT2D eigenvalue weighted by Crippen LogP contribution is 2.15. The first-order valence-electron chi connectivity index (χ1n) is 10.1. The minimum absolute atomic E-state index is 0.235. The van der Waals surface area contributed by atoms with E-state index in [2.05, 4.69) is 37.0 Å². The Labute approximate surface area is 182 Å². The first-order valence-corrected chi connectivity index (χ1v) is 13.6. The van der Waals surface area contributed by atoms with Gasteiger partial charge in [-0.25, -0.2) is 9.59 Å². The first-order chi connectivity index (χ1) is 13.8. The van der Waals surface area contributed by atoms with Crippen LogP contribution in [0, 0.1) is 23.8 Å². The van der Waals surface area contributed by atoms with E-state index >= 15 is 0 Å². The molecule has 2 rings (SSSR count). The lowest BCUT2D eigenvalue weighted by Crippen LogP contribution is -2.39. The number of terminal acetylenes is 1. The smallest absolute Gasteiger partial charge is 0.410 e. The average molecular weight is 431 g/mol. The Morgan fingerprint density at radius 2 is 1.60 bits per heavy atom. The van der Waals surface area contributed by atoms with E-state index < -0.39 is 19.8 Å². The summed E-state index contributed by atoms with van der Waals surface area (Å²) in [5.74, 6) is 5.77. The number of rotatable bonds is 0. The topological polar surface area (TPSA) is 70.1 Å². The normalized spacial score (nSPS) is 16.6. The van der Waals surface area contributed by atoms with Crippen molar-refractivity contribution in [1.29, 1.82) is 0 Å². The number of hydrogen-bond donors (Lipinski definition) is 1. The quantitative estimate of drug-likeness (QED) is 0.458. The van der Waals surface area contributed by atoms with E-state index in [-0.39, 0.29) is 6.09 Å². The van der Waals surface area contributed by atoms with Gasteiger partial charge in [-0.05, 0) is 33.6 Å². The van der Waals surface area contributed by atoms with Crippen LogP contribution in [0.2, 0.25) is 19.6 Å². The van der Waals surface area contributed by atoms with Gasteiger partial charge in [-0.1, -0.05) is 43.6 Å². The highest BCUT2D eigenvalue weighted by molar-refractivity contribution is 6.83. The molecule has 0 atom stereocenters. The van der Waals surface area contributed by atoms with E-state index in [4.69, 9.17) is 16.3 Å². The van der Waals surface area contributed by atoms with Crippen molar-refractivity contribution in [1.82, 2.24) is 9.80 Å². The summed E-state index contributed by atoms with van der Waals surface area (Å²) in [6.07, 6.45) is 9.35. The Balaban J connectivity index is 0.000000346. The zero-order valence-corrected chi connectivity index (χ0v) is 20.0. The minimum Gasteiger partial charge on any atom is -0.465 e. The summed E-state index contributed by atoms with van der Waals surface area (Å²) in [6.45, 7) is 14.6. The fraction of sp³-hybridized carbons (Fsp3) is 0.565. The lowest BCUT2D eigenvalue weighted by Gasteiger charge is -2.28. The molecule has 2 amide bonds. The van der Waals surface area contributed by atoms with Crippen LogP contribution in [0.15, 0.2) is 23.3 Å². The van der Waals surface area contributed by atoms with Gasteiger partial charge in [-0.15, -0.1) is 12.0 Å². The van der Waals surface area contributed by atoms with Crippen LogP contribution in [-0.4, -0.2) is 66.9 Å². The van der Waals surface area contributed by atoms with Crippen LogP contribution in [0.25, 0.3) is 0 Å². The van der Waals surface area contributed by atoms with E-state index in [0.29, 0.717) is 32.6 Å². The molecule has 0 fully saturated rings. The third-order valence-electron chi connectivity index (χ3n) is 4.12. The van der Waals surface area contributed by atoms with Crippen molar-refractivity contribution in [2.45, 2.75) is 58.9 Å². The molecule has 0 saturated heterocycles. The lowest BCUT2D eigenvalue weighted by molar-refractivity contribution is 0.0267. The van der Waals surface area contributed by atoms with Crippen LogP contribution in [-0.2, 0) is 4.74 Å². The Morgan fingerprint density at radius 1 is 1.07 bits per heavy atom. The van der Waals surface area contributed by atoms with Gasteiger partial charge >= 0.3 is 12.2 Å². The van der Waals surface area contributed by atoms with Gasteiger partial charge in [-0.2, -0.15) is 0 Å². The zero-order valence-electron chi connectivity index (χ0n) is 19.0. The van der Waals surface area contributed by atoms with Crippen LogP contribution < -0.4 is 0 Å². The molecule has 0 unspecified atom stereocenters. The molecule has 0 bridgehead atoms. The van der Waals surface area contributed by atoms with Gasteiger partial charge < -0.3 is 19.6 Å². The Bertz CT molecular complexity index is 798. The maximum absolute atomic E-state index is 11.9. The number of ether oxygens (including phenoxy) is 1. The first kappa shape index (κ1) is 25.4. The van der Waals surface area contributed by atoms with Crippen molar-refractivity contribution < 1.29 is 19.4 Å². The molecule has 2 aliphatic heterocycles. The average Bonchev–Trinajstić information content (AvgIpc) is 2.65. The molecule has 0 aromatic carbocycles. The Morgan fingerprint density at radius 3 is 2.00 bits per heavy atom. The molecule has 30 heavy (non-hydrogen) atoms. The molecule has 0 spiro atoms. The zero-order chi connectivity index (χ0) is 22.9. The summed E-state index contributed by atoms with van der Waals surface area (Å²) in [6, 6.07) is 0. The van der Waals surface area contributed by atoms with Crippen molar-refractivity contribution in [3.8, 4) is 23.8 Å². The van der Waals surface area contributed by atoms with E-state index in [1.807, 2.05) is 26.8 Å². The van der Waals surface area contributed by atoms with Crippen LogP contribution in [0.3, 0.4) is 0 Å². The molecule has 164 valence electrons. The standard InChI is InChI=1S/C15H25NO2Si.C8H9NO2/c1-15(2,3)18-14(17)16-10-7-13(8-11-16)9-12-19(4,5)6;1-2-7-3-5-9(6-4-7)8(10)11/h7H,8,10-11H2,1-6H3;1,3H,4-6H2,(H,10,11). The van der Waals surface area contributed by atoms with E-state index in [9.17, 15) is 9.59 Å². The molecule has 7 heteroatoms. The molecule has 0 saturated carbocycles. The second kappa shape index (κ2) is 10.9. The largest absolute Gasteiger partial charge is 0.465 e. The van der Waals surface area contributed by atoms with Crippen LogP contribution in [0.5, 0.6) is 0 Å². The predicted molar refractivity (Wildman–Crippen MR) is 123 cm³/mol. The SMILES string of the molecule is C#CC1=CCN(C(=O)O)CC1.CC(C)(C)OC(=O)N1CC=C(C#C[Si](C)(C)C)CC1.